The van der Waals surface area contributed by atoms with Crippen molar-refractivity contribution in [1.29, 1.82) is 0 Å². The fourth-order valence-electron chi connectivity index (χ4n) is 1.70. The van der Waals surface area contributed by atoms with Gasteiger partial charge in [-0.25, -0.2) is 0 Å². The van der Waals surface area contributed by atoms with Crippen molar-refractivity contribution in [2.24, 2.45) is 0 Å². The van der Waals surface area contributed by atoms with Gasteiger partial charge in [0.2, 0.25) is 0 Å². The summed E-state index contributed by atoms with van der Waals surface area (Å²) in [6.45, 7) is 3.13. The van der Waals surface area contributed by atoms with Gasteiger partial charge in [-0.1, -0.05) is 63.6 Å². The zero-order chi connectivity index (χ0) is 12.2. The first-order valence-corrected chi connectivity index (χ1v) is 7.52. The van der Waals surface area contributed by atoms with Crippen molar-refractivity contribution < 1.29 is 4.18 Å². The molecule has 0 spiro atoms. The second-order valence-electron chi connectivity index (χ2n) is 4.34. The lowest BCUT2D eigenvalue weighted by atomic mass is 10.1. The molecule has 1 rings (SSSR count). The summed E-state index contributed by atoms with van der Waals surface area (Å²) in [5.41, 5.74) is 0. The predicted octanol–water partition coefficient (Wildman–Crippen LogP) is 5.46. The highest BCUT2D eigenvalue weighted by atomic mass is 32.2. The van der Waals surface area contributed by atoms with Crippen molar-refractivity contribution in [3.8, 4) is 0 Å². The van der Waals surface area contributed by atoms with Crippen LogP contribution >= 0.6 is 12.0 Å². The lowest BCUT2D eigenvalue weighted by Crippen LogP contribution is -1.87. The Morgan fingerprint density at radius 2 is 1.53 bits per heavy atom. The van der Waals surface area contributed by atoms with Crippen molar-refractivity contribution in [1.82, 2.24) is 0 Å². The lowest BCUT2D eigenvalue weighted by Gasteiger charge is -2.03. The molecule has 0 amide bonds. The molecule has 0 unspecified atom stereocenters. The summed E-state index contributed by atoms with van der Waals surface area (Å²) in [5, 5.41) is 0. The van der Waals surface area contributed by atoms with E-state index >= 15 is 0 Å². The number of hydrogen-bond acceptors (Lipinski definition) is 2. The summed E-state index contributed by atoms with van der Waals surface area (Å²) in [6, 6.07) is 10.3. The van der Waals surface area contributed by atoms with Gasteiger partial charge < -0.3 is 4.18 Å². The van der Waals surface area contributed by atoms with Crippen LogP contribution in [0, 0.1) is 0 Å². The largest absolute Gasteiger partial charge is 0.310 e. The average molecular weight is 252 g/mol. The molecule has 2 heteroatoms. The quantitative estimate of drug-likeness (QED) is 0.404. The zero-order valence-electron chi connectivity index (χ0n) is 10.9. The second kappa shape index (κ2) is 10.7. The van der Waals surface area contributed by atoms with Crippen LogP contribution in [0.3, 0.4) is 0 Å². The van der Waals surface area contributed by atoms with Crippen LogP contribution in [0.2, 0.25) is 0 Å². The molecular formula is C15H24OS. The van der Waals surface area contributed by atoms with Gasteiger partial charge in [-0.3, -0.25) is 0 Å². The molecule has 1 aromatic carbocycles. The lowest BCUT2D eigenvalue weighted by molar-refractivity contribution is 0.354. The molecule has 0 aromatic heterocycles. The molecule has 0 aliphatic heterocycles. The van der Waals surface area contributed by atoms with Crippen molar-refractivity contribution in [2.75, 3.05) is 6.61 Å². The number of unbranched alkanes of at least 4 members (excludes halogenated alkanes) is 6. The van der Waals surface area contributed by atoms with Gasteiger partial charge in [-0.15, -0.1) is 0 Å². The minimum absolute atomic E-state index is 0.868. The third-order valence-electron chi connectivity index (χ3n) is 2.73. The summed E-state index contributed by atoms with van der Waals surface area (Å²) < 4.78 is 5.56. The van der Waals surface area contributed by atoms with Gasteiger partial charge >= 0.3 is 0 Å². The molecule has 0 radical (unpaired) electrons. The summed E-state index contributed by atoms with van der Waals surface area (Å²) in [4.78, 5) is 1.19. The standard InChI is InChI=1S/C15H24OS/c1-2-3-4-5-6-7-11-14-16-17-15-12-9-8-10-13-15/h8-10,12-13H,2-7,11,14H2,1H3. The zero-order valence-corrected chi connectivity index (χ0v) is 11.7. The van der Waals surface area contributed by atoms with E-state index in [4.69, 9.17) is 4.18 Å². The molecule has 0 atom stereocenters. The molecule has 1 nitrogen and oxygen atoms in total. The third kappa shape index (κ3) is 8.28. The second-order valence-corrected chi connectivity index (χ2v) is 5.21. The smallest absolute Gasteiger partial charge is 0.0618 e. The molecule has 0 fully saturated rings. The Hall–Kier alpha value is -0.470. The Kier molecular flexibility index (Phi) is 9.16. The summed E-state index contributed by atoms with van der Waals surface area (Å²) in [6.07, 6.45) is 9.36. The van der Waals surface area contributed by atoms with E-state index in [9.17, 15) is 0 Å². The summed E-state index contributed by atoms with van der Waals surface area (Å²) >= 11 is 1.49. The maximum absolute atomic E-state index is 5.56. The van der Waals surface area contributed by atoms with E-state index in [1.54, 1.807) is 0 Å². The van der Waals surface area contributed by atoms with E-state index in [1.165, 1.54) is 61.9 Å². The number of benzene rings is 1. The fraction of sp³-hybridized carbons (Fsp3) is 0.600. The van der Waals surface area contributed by atoms with Crippen LogP contribution in [-0.4, -0.2) is 6.61 Å². The maximum atomic E-state index is 5.56. The SMILES string of the molecule is CCCCCCCCCOSc1ccccc1. The van der Waals surface area contributed by atoms with E-state index < -0.39 is 0 Å². The molecule has 0 N–H and O–H groups in total. The highest BCUT2D eigenvalue weighted by Gasteiger charge is 1.94. The number of rotatable bonds is 10. The van der Waals surface area contributed by atoms with E-state index in [-0.39, 0.29) is 0 Å². The van der Waals surface area contributed by atoms with Gasteiger partial charge in [-0.05, 0) is 18.6 Å². The molecule has 0 aliphatic rings. The molecular weight excluding hydrogens is 228 g/mol. The molecule has 0 heterocycles. The average Bonchev–Trinajstić information content (AvgIpc) is 2.38. The maximum Gasteiger partial charge on any atom is 0.0618 e. The van der Waals surface area contributed by atoms with E-state index in [2.05, 4.69) is 19.1 Å². The topological polar surface area (TPSA) is 9.23 Å². The van der Waals surface area contributed by atoms with Crippen molar-refractivity contribution >= 4 is 12.0 Å². The highest BCUT2D eigenvalue weighted by molar-refractivity contribution is 7.94. The van der Waals surface area contributed by atoms with Gasteiger partial charge in [0.1, 0.15) is 0 Å². The van der Waals surface area contributed by atoms with Crippen LogP contribution in [0.4, 0.5) is 0 Å². The first-order chi connectivity index (χ1) is 8.43. The third-order valence-corrected chi connectivity index (χ3v) is 3.48. The molecule has 96 valence electrons. The van der Waals surface area contributed by atoms with Crippen LogP contribution in [0.1, 0.15) is 51.9 Å². The molecule has 17 heavy (non-hydrogen) atoms. The first-order valence-electron chi connectivity index (χ1n) is 6.78. The van der Waals surface area contributed by atoms with E-state index in [0.717, 1.165) is 6.61 Å². The van der Waals surface area contributed by atoms with Gasteiger partial charge in [0.05, 0.1) is 6.61 Å². The minimum Gasteiger partial charge on any atom is -0.310 e. The Morgan fingerprint density at radius 1 is 0.882 bits per heavy atom. The Morgan fingerprint density at radius 3 is 2.24 bits per heavy atom. The molecule has 0 aliphatic carbocycles. The van der Waals surface area contributed by atoms with Crippen LogP contribution in [0.15, 0.2) is 35.2 Å². The van der Waals surface area contributed by atoms with Gasteiger partial charge in [0.15, 0.2) is 0 Å². The van der Waals surface area contributed by atoms with Crippen LogP contribution in [-0.2, 0) is 4.18 Å². The van der Waals surface area contributed by atoms with Crippen molar-refractivity contribution in [3.05, 3.63) is 30.3 Å². The van der Waals surface area contributed by atoms with Crippen LogP contribution in [0.25, 0.3) is 0 Å². The minimum atomic E-state index is 0.868. The van der Waals surface area contributed by atoms with Gasteiger partial charge in [0.25, 0.3) is 0 Å². The van der Waals surface area contributed by atoms with Crippen LogP contribution in [0.5, 0.6) is 0 Å². The summed E-state index contributed by atoms with van der Waals surface area (Å²) in [5.74, 6) is 0. The van der Waals surface area contributed by atoms with E-state index in [0.29, 0.717) is 0 Å². The van der Waals surface area contributed by atoms with E-state index in [1.807, 2.05) is 18.2 Å². The summed E-state index contributed by atoms with van der Waals surface area (Å²) in [7, 11) is 0. The molecule has 0 saturated carbocycles. The van der Waals surface area contributed by atoms with Crippen molar-refractivity contribution in [2.45, 2.75) is 56.8 Å². The first kappa shape index (κ1) is 14.6. The predicted molar refractivity (Wildman–Crippen MR) is 76.2 cm³/mol. The molecule has 0 saturated heterocycles. The normalized spacial score (nSPS) is 10.6. The Bertz CT molecular complexity index is 261. The number of hydrogen-bond donors (Lipinski definition) is 0. The monoisotopic (exact) mass is 252 g/mol. The molecule has 0 bridgehead atoms. The highest BCUT2D eigenvalue weighted by Crippen LogP contribution is 2.18. The Labute approximate surface area is 110 Å². The molecule has 1 aromatic rings. The van der Waals surface area contributed by atoms with Gasteiger partial charge in [-0.2, -0.15) is 0 Å². The van der Waals surface area contributed by atoms with Gasteiger partial charge in [0, 0.05) is 16.9 Å². The van der Waals surface area contributed by atoms with Crippen molar-refractivity contribution in [3.63, 3.8) is 0 Å². The Balaban J connectivity index is 1.85. The fourth-order valence-corrected chi connectivity index (χ4v) is 2.31. The van der Waals surface area contributed by atoms with Crippen LogP contribution < -0.4 is 0 Å².